The Kier molecular flexibility index (Phi) is 2.83. The van der Waals surface area contributed by atoms with Crippen LogP contribution in [0.15, 0.2) is 6.20 Å². The van der Waals surface area contributed by atoms with Gasteiger partial charge in [0.05, 0.1) is 32.1 Å². The molecule has 1 aromatic rings. The highest BCUT2D eigenvalue weighted by molar-refractivity contribution is 5.00. The molecule has 3 rings (SSSR count). The highest BCUT2D eigenvalue weighted by Crippen LogP contribution is 2.32. The van der Waals surface area contributed by atoms with Gasteiger partial charge in [0.25, 0.3) is 0 Å². The molecule has 0 bridgehead atoms. The lowest BCUT2D eigenvalue weighted by Crippen LogP contribution is -2.36. The van der Waals surface area contributed by atoms with E-state index in [2.05, 4.69) is 10.3 Å². The van der Waals surface area contributed by atoms with Gasteiger partial charge in [-0.15, -0.1) is 5.10 Å². The fourth-order valence-electron chi connectivity index (χ4n) is 2.42. The molecule has 2 N–H and O–H groups in total. The standard InChI is InChI=1S/C10H16N4O3/c1-15-3-6-2-14(13-12-6)8-5-17-9-7(11)4-16-10(8)9/h2,7-10H,3-5,11H2,1H3. The average molecular weight is 240 g/mol. The van der Waals surface area contributed by atoms with E-state index >= 15 is 0 Å². The zero-order chi connectivity index (χ0) is 11.8. The molecule has 2 aliphatic rings. The molecule has 0 amide bonds. The third kappa shape index (κ3) is 1.85. The second-order valence-corrected chi connectivity index (χ2v) is 4.45. The Morgan fingerprint density at radius 1 is 1.47 bits per heavy atom. The van der Waals surface area contributed by atoms with E-state index in [9.17, 15) is 0 Å². The van der Waals surface area contributed by atoms with Gasteiger partial charge in [-0.3, -0.25) is 0 Å². The molecule has 0 aliphatic carbocycles. The van der Waals surface area contributed by atoms with Crippen LogP contribution in [-0.4, -0.2) is 53.6 Å². The molecule has 1 aromatic heterocycles. The van der Waals surface area contributed by atoms with Gasteiger partial charge in [-0.2, -0.15) is 0 Å². The first-order valence-corrected chi connectivity index (χ1v) is 5.68. The number of aromatic nitrogens is 3. The largest absolute Gasteiger partial charge is 0.378 e. The van der Waals surface area contributed by atoms with E-state index in [-0.39, 0.29) is 24.3 Å². The van der Waals surface area contributed by atoms with Crippen molar-refractivity contribution in [2.75, 3.05) is 20.3 Å². The number of nitrogens with two attached hydrogens (primary N) is 1. The number of methoxy groups -OCH3 is 1. The monoisotopic (exact) mass is 240 g/mol. The van der Waals surface area contributed by atoms with Crippen LogP contribution in [0.5, 0.6) is 0 Å². The highest BCUT2D eigenvalue weighted by atomic mass is 16.6. The zero-order valence-electron chi connectivity index (χ0n) is 9.65. The van der Waals surface area contributed by atoms with Crippen LogP contribution in [-0.2, 0) is 20.8 Å². The summed E-state index contributed by atoms with van der Waals surface area (Å²) in [5.74, 6) is 0. The average Bonchev–Trinajstić information content (AvgIpc) is 2.97. The Hall–Kier alpha value is -1.02. The van der Waals surface area contributed by atoms with Gasteiger partial charge in [-0.05, 0) is 0 Å². The minimum absolute atomic E-state index is 0.0119. The molecule has 4 atom stereocenters. The van der Waals surface area contributed by atoms with Crippen LogP contribution in [0.1, 0.15) is 11.7 Å². The lowest BCUT2D eigenvalue weighted by Gasteiger charge is -2.15. The number of ether oxygens (including phenoxy) is 3. The molecule has 0 radical (unpaired) electrons. The highest BCUT2D eigenvalue weighted by Gasteiger charge is 2.47. The van der Waals surface area contributed by atoms with Crippen LogP contribution in [0, 0.1) is 0 Å². The van der Waals surface area contributed by atoms with E-state index in [1.54, 1.807) is 11.8 Å². The number of rotatable bonds is 3. The minimum Gasteiger partial charge on any atom is -0.378 e. The molecule has 3 heterocycles. The summed E-state index contributed by atoms with van der Waals surface area (Å²) < 4.78 is 18.1. The lowest BCUT2D eigenvalue weighted by molar-refractivity contribution is 0.0627. The Morgan fingerprint density at radius 2 is 2.29 bits per heavy atom. The summed E-state index contributed by atoms with van der Waals surface area (Å²) in [6.07, 6.45) is 1.84. The van der Waals surface area contributed by atoms with Gasteiger partial charge in [0.2, 0.25) is 0 Å². The smallest absolute Gasteiger partial charge is 0.110 e. The first-order chi connectivity index (χ1) is 8.29. The molecule has 7 heteroatoms. The van der Waals surface area contributed by atoms with Gasteiger partial charge in [-0.25, -0.2) is 4.68 Å². The SMILES string of the molecule is COCc1cn(C2COC3C(N)COC32)nn1. The van der Waals surface area contributed by atoms with E-state index in [4.69, 9.17) is 19.9 Å². The Balaban J connectivity index is 1.76. The van der Waals surface area contributed by atoms with Gasteiger partial charge in [-0.1, -0.05) is 5.21 Å². The molecule has 0 spiro atoms. The fourth-order valence-corrected chi connectivity index (χ4v) is 2.42. The Morgan fingerprint density at radius 3 is 3.12 bits per heavy atom. The van der Waals surface area contributed by atoms with E-state index in [0.717, 1.165) is 5.69 Å². The summed E-state index contributed by atoms with van der Waals surface area (Å²) in [4.78, 5) is 0. The quantitative estimate of drug-likeness (QED) is 0.736. The van der Waals surface area contributed by atoms with Crippen molar-refractivity contribution < 1.29 is 14.2 Å². The molecule has 2 fully saturated rings. The molecule has 0 saturated carbocycles. The van der Waals surface area contributed by atoms with Gasteiger partial charge in [0.15, 0.2) is 0 Å². The Bertz CT molecular complexity index is 397. The third-order valence-corrected chi connectivity index (χ3v) is 3.26. The fraction of sp³-hybridized carbons (Fsp3) is 0.800. The van der Waals surface area contributed by atoms with Gasteiger partial charge >= 0.3 is 0 Å². The summed E-state index contributed by atoms with van der Waals surface area (Å²) in [5, 5.41) is 8.12. The molecule has 4 unspecified atom stereocenters. The maximum Gasteiger partial charge on any atom is 0.110 e. The maximum absolute atomic E-state index is 5.90. The molecule has 0 aromatic carbocycles. The predicted molar refractivity (Wildman–Crippen MR) is 57.2 cm³/mol. The van der Waals surface area contributed by atoms with E-state index in [1.165, 1.54) is 0 Å². The first-order valence-electron chi connectivity index (χ1n) is 5.68. The maximum atomic E-state index is 5.90. The second kappa shape index (κ2) is 4.34. The summed E-state index contributed by atoms with van der Waals surface area (Å²) in [7, 11) is 1.63. The van der Waals surface area contributed by atoms with Crippen molar-refractivity contribution in [3.63, 3.8) is 0 Å². The minimum atomic E-state index is -0.0352. The van der Waals surface area contributed by atoms with Crippen molar-refractivity contribution in [2.45, 2.75) is 30.9 Å². The summed E-state index contributed by atoms with van der Waals surface area (Å²) in [6, 6.07) is 0.0265. The molecule has 2 saturated heterocycles. The van der Waals surface area contributed by atoms with Crippen molar-refractivity contribution in [3.8, 4) is 0 Å². The molecular weight excluding hydrogens is 224 g/mol. The summed E-state index contributed by atoms with van der Waals surface area (Å²) in [5.41, 5.74) is 6.70. The van der Waals surface area contributed by atoms with Gasteiger partial charge < -0.3 is 19.9 Å². The Labute approximate surface area is 98.8 Å². The van der Waals surface area contributed by atoms with Crippen molar-refractivity contribution in [2.24, 2.45) is 5.73 Å². The topological polar surface area (TPSA) is 84.4 Å². The predicted octanol–water partition coefficient (Wildman–Crippen LogP) is -0.909. The van der Waals surface area contributed by atoms with Crippen LogP contribution < -0.4 is 5.73 Å². The lowest BCUT2D eigenvalue weighted by atomic mass is 10.1. The van der Waals surface area contributed by atoms with Crippen molar-refractivity contribution >= 4 is 0 Å². The molecule has 7 nitrogen and oxygen atoms in total. The van der Waals surface area contributed by atoms with Crippen LogP contribution in [0.2, 0.25) is 0 Å². The van der Waals surface area contributed by atoms with E-state index < -0.39 is 0 Å². The second-order valence-electron chi connectivity index (χ2n) is 4.45. The normalized spacial score (nSPS) is 36.4. The van der Waals surface area contributed by atoms with Crippen LogP contribution >= 0.6 is 0 Å². The van der Waals surface area contributed by atoms with Gasteiger partial charge in [0, 0.05) is 7.11 Å². The zero-order valence-corrected chi connectivity index (χ0v) is 9.65. The van der Waals surface area contributed by atoms with Crippen LogP contribution in [0.4, 0.5) is 0 Å². The van der Waals surface area contributed by atoms with Crippen LogP contribution in [0.25, 0.3) is 0 Å². The number of hydrogen-bond donors (Lipinski definition) is 1. The van der Waals surface area contributed by atoms with Crippen molar-refractivity contribution in [3.05, 3.63) is 11.9 Å². The molecule has 94 valence electrons. The molecule has 2 aliphatic heterocycles. The number of fused-ring (bicyclic) bond motifs is 1. The number of nitrogens with zero attached hydrogens (tertiary/aromatic N) is 3. The summed E-state index contributed by atoms with van der Waals surface area (Å²) >= 11 is 0. The number of hydrogen-bond acceptors (Lipinski definition) is 6. The van der Waals surface area contributed by atoms with E-state index in [1.807, 2.05) is 6.20 Å². The van der Waals surface area contributed by atoms with Crippen LogP contribution in [0.3, 0.4) is 0 Å². The van der Waals surface area contributed by atoms with Gasteiger partial charge in [0.1, 0.15) is 23.9 Å². The molecule has 17 heavy (non-hydrogen) atoms. The third-order valence-electron chi connectivity index (χ3n) is 3.26. The van der Waals surface area contributed by atoms with Crippen molar-refractivity contribution in [1.82, 2.24) is 15.0 Å². The van der Waals surface area contributed by atoms with E-state index in [0.29, 0.717) is 19.8 Å². The molecular formula is C10H16N4O3. The first kappa shape index (κ1) is 11.1. The van der Waals surface area contributed by atoms with Crippen molar-refractivity contribution in [1.29, 1.82) is 0 Å². The summed E-state index contributed by atoms with van der Waals surface area (Å²) in [6.45, 7) is 1.58.